The number of furan rings is 1. The molecule has 0 spiro atoms. The number of rotatable bonds is 4. The molecule has 1 aromatic carbocycles. The number of carbonyl (C=O) groups excluding carboxylic acids is 2. The highest BCUT2D eigenvalue weighted by Crippen LogP contribution is 2.21. The number of benzene rings is 1. The number of anilines is 1. The molecule has 1 fully saturated rings. The van der Waals surface area contributed by atoms with Crippen molar-refractivity contribution in [3.8, 4) is 0 Å². The quantitative estimate of drug-likeness (QED) is 0.848. The molecule has 1 saturated heterocycles. The third kappa shape index (κ3) is 4.36. The molecule has 0 radical (unpaired) electrons. The fourth-order valence-electron chi connectivity index (χ4n) is 2.95. The molecule has 1 atom stereocenters. The first-order valence-corrected chi connectivity index (χ1v) is 8.32. The first-order valence-electron chi connectivity index (χ1n) is 8.32. The van der Waals surface area contributed by atoms with E-state index in [-0.39, 0.29) is 11.6 Å². The Hall–Kier alpha value is -2.96. The number of hydrogen-bond donors (Lipinski definition) is 1. The van der Waals surface area contributed by atoms with E-state index in [9.17, 15) is 18.4 Å². The van der Waals surface area contributed by atoms with Crippen LogP contribution in [-0.2, 0) is 9.59 Å². The van der Waals surface area contributed by atoms with Crippen molar-refractivity contribution < 1.29 is 22.8 Å². The van der Waals surface area contributed by atoms with E-state index in [4.69, 9.17) is 4.42 Å². The summed E-state index contributed by atoms with van der Waals surface area (Å²) in [5, 5.41) is 2.49. The number of carbonyl (C=O) groups is 2. The van der Waals surface area contributed by atoms with E-state index in [0.29, 0.717) is 18.7 Å². The van der Waals surface area contributed by atoms with Crippen molar-refractivity contribution in [2.24, 2.45) is 0 Å². The Balaban J connectivity index is 1.71. The molecule has 1 unspecified atom stereocenters. The van der Waals surface area contributed by atoms with Crippen molar-refractivity contribution in [1.29, 1.82) is 0 Å². The fourth-order valence-corrected chi connectivity index (χ4v) is 2.95. The summed E-state index contributed by atoms with van der Waals surface area (Å²) in [7, 11) is 0. The highest BCUT2D eigenvalue weighted by molar-refractivity contribution is 6.00. The van der Waals surface area contributed by atoms with Crippen LogP contribution < -0.4 is 5.32 Å². The normalized spacial score (nSPS) is 17.5. The van der Waals surface area contributed by atoms with Crippen LogP contribution in [0.25, 0.3) is 6.08 Å². The Morgan fingerprint density at radius 1 is 1.19 bits per heavy atom. The molecular formula is C19H18F2N2O3. The summed E-state index contributed by atoms with van der Waals surface area (Å²) >= 11 is 0. The number of nitrogens with one attached hydrogen (secondary N) is 1. The minimum absolute atomic E-state index is 0.0246. The molecule has 5 nitrogen and oxygen atoms in total. The second-order valence-electron chi connectivity index (χ2n) is 6.04. The van der Waals surface area contributed by atoms with E-state index in [1.165, 1.54) is 23.3 Å². The van der Waals surface area contributed by atoms with Crippen LogP contribution >= 0.6 is 0 Å². The van der Waals surface area contributed by atoms with E-state index in [2.05, 4.69) is 5.32 Å². The van der Waals surface area contributed by atoms with E-state index in [1.54, 1.807) is 12.1 Å². The minimum Gasteiger partial charge on any atom is -0.465 e. The maximum Gasteiger partial charge on any atom is 0.247 e. The van der Waals surface area contributed by atoms with E-state index in [0.717, 1.165) is 31.0 Å². The maximum atomic E-state index is 13.3. The number of hydrogen-bond acceptors (Lipinski definition) is 3. The molecule has 0 bridgehead atoms. The molecule has 136 valence electrons. The first-order chi connectivity index (χ1) is 12.5. The Bertz CT molecular complexity index is 798. The van der Waals surface area contributed by atoms with E-state index >= 15 is 0 Å². The zero-order valence-corrected chi connectivity index (χ0v) is 14.0. The summed E-state index contributed by atoms with van der Waals surface area (Å²) in [4.78, 5) is 26.5. The monoisotopic (exact) mass is 360 g/mol. The van der Waals surface area contributed by atoms with Gasteiger partial charge in [0.05, 0.1) is 6.26 Å². The van der Waals surface area contributed by atoms with Crippen LogP contribution in [0.1, 0.15) is 25.0 Å². The summed E-state index contributed by atoms with van der Waals surface area (Å²) < 4.78 is 31.7. The van der Waals surface area contributed by atoms with Crippen molar-refractivity contribution in [1.82, 2.24) is 4.90 Å². The van der Waals surface area contributed by atoms with Crippen LogP contribution in [0.4, 0.5) is 14.5 Å². The Morgan fingerprint density at radius 3 is 2.65 bits per heavy atom. The SMILES string of the molecule is O=C(Nc1cc(F)cc(F)c1)C1CCCCN1C(=O)C=Cc1ccco1. The Morgan fingerprint density at radius 2 is 1.96 bits per heavy atom. The zero-order chi connectivity index (χ0) is 18.5. The fraction of sp³-hybridized carbons (Fsp3) is 0.263. The van der Waals surface area contributed by atoms with Gasteiger partial charge in [-0.3, -0.25) is 9.59 Å². The molecule has 1 aliphatic rings. The van der Waals surface area contributed by atoms with Crippen molar-refractivity contribution in [3.05, 3.63) is 60.1 Å². The molecule has 7 heteroatoms. The first kappa shape index (κ1) is 17.8. The number of likely N-dealkylation sites (tertiary alicyclic amines) is 1. The van der Waals surface area contributed by atoms with Crippen molar-refractivity contribution >= 4 is 23.6 Å². The molecule has 3 rings (SSSR count). The average Bonchev–Trinajstić information content (AvgIpc) is 3.12. The highest BCUT2D eigenvalue weighted by Gasteiger charge is 2.31. The van der Waals surface area contributed by atoms with Crippen molar-refractivity contribution in [2.75, 3.05) is 11.9 Å². The number of halogens is 2. The summed E-state index contributed by atoms with van der Waals surface area (Å²) in [6.07, 6.45) is 6.46. The highest BCUT2D eigenvalue weighted by atomic mass is 19.1. The van der Waals surface area contributed by atoms with E-state index < -0.39 is 23.6 Å². The van der Waals surface area contributed by atoms with Crippen LogP contribution in [0.3, 0.4) is 0 Å². The number of amides is 2. The molecule has 2 aromatic rings. The topological polar surface area (TPSA) is 62.6 Å². The third-order valence-electron chi connectivity index (χ3n) is 4.15. The van der Waals surface area contributed by atoms with E-state index in [1.807, 2.05) is 0 Å². The Labute approximate surface area is 149 Å². The predicted octanol–water partition coefficient (Wildman–Crippen LogP) is 3.59. The lowest BCUT2D eigenvalue weighted by Gasteiger charge is -2.34. The number of piperidine rings is 1. The van der Waals surface area contributed by atoms with Gasteiger partial charge in [-0.25, -0.2) is 8.78 Å². The van der Waals surface area contributed by atoms with Gasteiger partial charge in [0.25, 0.3) is 0 Å². The largest absolute Gasteiger partial charge is 0.465 e. The van der Waals surface area contributed by atoms with Gasteiger partial charge in [0, 0.05) is 24.4 Å². The van der Waals surface area contributed by atoms with Gasteiger partial charge in [0.15, 0.2) is 0 Å². The van der Waals surface area contributed by atoms with Crippen LogP contribution in [0.2, 0.25) is 0 Å². The third-order valence-corrected chi connectivity index (χ3v) is 4.15. The van der Waals surface area contributed by atoms with Crippen molar-refractivity contribution in [3.63, 3.8) is 0 Å². The van der Waals surface area contributed by atoms with Gasteiger partial charge in [-0.2, -0.15) is 0 Å². The van der Waals surface area contributed by atoms with Gasteiger partial charge in [-0.15, -0.1) is 0 Å². The lowest BCUT2D eigenvalue weighted by atomic mass is 10.0. The smallest absolute Gasteiger partial charge is 0.247 e. The summed E-state index contributed by atoms with van der Waals surface area (Å²) in [6, 6.07) is 5.52. The summed E-state index contributed by atoms with van der Waals surface area (Å²) in [5.74, 6) is -1.80. The Kier molecular flexibility index (Phi) is 5.46. The average molecular weight is 360 g/mol. The number of nitrogens with zero attached hydrogens (tertiary/aromatic N) is 1. The standard InChI is InChI=1S/C19H18F2N2O3/c20-13-10-14(21)12-15(11-13)22-19(25)17-5-1-2-8-23(17)18(24)7-6-16-4-3-9-26-16/h3-4,6-7,9-12,17H,1-2,5,8H2,(H,22,25). The van der Waals surface area contributed by atoms with Gasteiger partial charge in [-0.1, -0.05) is 0 Å². The maximum absolute atomic E-state index is 13.3. The molecule has 0 aliphatic carbocycles. The van der Waals surface area contributed by atoms with Crippen LogP contribution in [0.15, 0.2) is 47.1 Å². The molecule has 1 aromatic heterocycles. The van der Waals surface area contributed by atoms with Crippen LogP contribution in [-0.4, -0.2) is 29.3 Å². The molecule has 26 heavy (non-hydrogen) atoms. The molecule has 1 aliphatic heterocycles. The molecular weight excluding hydrogens is 342 g/mol. The minimum atomic E-state index is -0.779. The summed E-state index contributed by atoms with van der Waals surface area (Å²) in [6.45, 7) is 0.441. The van der Waals surface area contributed by atoms with Gasteiger partial charge < -0.3 is 14.6 Å². The van der Waals surface area contributed by atoms with Crippen LogP contribution in [0, 0.1) is 11.6 Å². The van der Waals surface area contributed by atoms with Crippen LogP contribution in [0.5, 0.6) is 0 Å². The molecule has 2 amide bonds. The lowest BCUT2D eigenvalue weighted by Crippen LogP contribution is -2.49. The predicted molar refractivity (Wildman–Crippen MR) is 92.1 cm³/mol. The second-order valence-corrected chi connectivity index (χ2v) is 6.04. The van der Waals surface area contributed by atoms with Gasteiger partial charge in [-0.05, 0) is 49.6 Å². The summed E-state index contributed by atoms with van der Waals surface area (Å²) in [5.41, 5.74) is 0.0246. The second kappa shape index (κ2) is 7.95. The molecule has 0 saturated carbocycles. The zero-order valence-electron chi connectivity index (χ0n) is 14.0. The van der Waals surface area contributed by atoms with Gasteiger partial charge in [0.1, 0.15) is 23.4 Å². The lowest BCUT2D eigenvalue weighted by molar-refractivity contribution is -0.136. The van der Waals surface area contributed by atoms with Gasteiger partial charge >= 0.3 is 0 Å². The van der Waals surface area contributed by atoms with Crippen molar-refractivity contribution in [2.45, 2.75) is 25.3 Å². The molecule has 2 heterocycles. The molecule has 1 N–H and O–H groups in total. The van der Waals surface area contributed by atoms with Gasteiger partial charge in [0.2, 0.25) is 11.8 Å².